The molecule has 1 aromatic carbocycles. The second-order valence-corrected chi connectivity index (χ2v) is 7.19. The average molecular weight is 374 g/mol. The molecule has 27 heavy (non-hydrogen) atoms. The molecule has 0 bridgehead atoms. The van der Waals surface area contributed by atoms with Crippen molar-refractivity contribution in [2.45, 2.75) is 39.5 Å². The van der Waals surface area contributed by atoms with Gasteiger partial charge >= 0.3 is 6.09 Å². The number of methoxy groups -OCH3 is 1. The molecule has 0 saturated carbocycles. The fourth-order valence-electron chi connectivity index (χ4n) is 2.34. The third-order valence-electron chi connectivity index (χ3n) is 3.48. The van der Waals surface area contributed by atoms with Crippen molar-refractivity contribution in [2.24, 2.45) is 0 Å². The van der Waals surface area contributed by atoms with Gasteiger partial charge in [-0.3, -0.25) is 4.79 Å². The largest absolute Gasteiger partial charge is 0.453 e. The number of amides is 2. The Morgan fingerprint density at radius 1 is 1.19 bits per heavy atom. The monoisotopic (exact) mass is 374 g/mol. The molecule has 1 N–H and O–H groups in total. The van der Waals surface area contributed by atoms with E-state index in [1.165, 1.54) is 4.90 Å². The van der Waals surface area contributed by atoms with Crippen LogP contribution in [0.4, 0.5) is 10.5 Å². The highest BCUT2D eigenvalue weighted by Gasteiger charge is 2.19. The van der Waals surface area contributed by atoms with E-state index >= 15 is 0 Å². The molecule has 7 nitrogen and oxygen atoms in total. The molecule has 0 aliphatic carbocycles. The Bertz CT molecular complexity index is 792. The molecule has 0 saturated heterocycles. The van der Waals surface area contributed by atoms with E-state index in [0.29, 0.717) is 24.6 Å². The van der Waals surface area contributed by atoms with Crippen LogP contribution in [0.15, 0.2) is 40.8 Å². The average Bonchev–Trinajstić information content (AvgIpc) is 3.03. The van der Waals surface area contributed by atoms with Crippen molar-refractivity contribution in [1.82, 2.24) is 4.90 Å². The van der Waals surface area contributed by atoms with Crippen molar-refractivity contribution >= 4 is 17.7 Å². The summed E-state index contributed by atoms with van der Waals surface area (Å²) in [6.45, 7) is 6.13. The predicted octanol–water partition coefficient (Wildman–Crippen LogP) is 4.05. The number of hydrogen-bond acceptors (Lipinski definition) is 5. The number of nitrogens with zero attached hydrogens (tertiary/aromatic N) is 1. The third kappa shape index (κ3) is 6.45. The molecule has 2 rings (SSSR count). The van der Waals surface area contributed by atoms with Crippen LogP contribution in [0.5, 0.6) is 0 Å². The lowest BCUT2D eigenvalue weighted by molar-refractivity contribution is 0.0285. The highest BCUT2D eigenvalue weighted by atomic mass is 16.6. The zero-order chi connectivity index (χ0) is 20.0. The van der Waals surface area contributed by atoms with Crippen molar-refractivity contribution in [3.8, 4) is 0 Å². The van der Waals surface area contributed by atoms with Crippen molar-refractivity contribution in [1.29, 1.82) is 0 Å². The minimum absolute atomic E-state index is 0.207. The van der Waals surface area contributed by atoms with Crippen LogP contribution in [0, 0.1) is 0 Å². The molecule has 1 aromatic heterocycles. The Labute approximate surface area is 159 Å². The number of nitrogens with one attached hydrogen (secondary N) is 1. The molecule has 1 heterocycles. The number of carbonyl (C=O) groups excluding carboxylic acids is 2. The summed E-state index contributed by atoms with van der Waals surface area (Å²) in [5, 5.41) is 2.79. The lowest BCUT2D eigenvalue weighted by atomic mass is 10.2. The molecule has 0 aliphatic heterocycles. The van der Waals surface area contributed by atoms with Crippen LogP contribution in [-0.2, 0) is 22.6 Å². The highest BCUT2D eigenvalue weighted by molar-refractivity contribution is 6.02. The molecule has 2 amide bonds. The Morgan fingerprint density at radius 2 is 1.93 bits per heavy atom. The van der Waals surface area contributed by atoms with Crippen molar-refractivity contribution in [3.05, 3.63) is 53.5 Å². The van der Waals surface area contributed by atoms with Gasteiger partial charge < -0.3 is 24.1 Å². The zero-order valence-corrected chi connectivity index (χ0v) is 16.4. The van der Waals surface area contributed by atoms with Gasteiger partial charge in [0.2, 0.25) is 0 Å². The molecule has 0 unspecified atom stereocenters. The quantitative estimate of drug-likeness (QED) is 0.825. The van der Waals surface area contributed by atoms with Gasteiger partial charge in [-0.25, -0.2) is 4.79 Å². The van der Waals surface area contributed by atoms with E-state index < -0.39 is 11.7 Å². The van der Waals surface area contributed by atoms with E-state index in [1.807, 2.05) is 32.9 Å². The van der Waals surface area contributed by atoms with Crippen LogP contribution in [0.25, 0.3) is 0 Å². The van der Waals surface area contributed by atoms with Gasteiger partial charge in [-0.05, 0) is 50.6 Å². The van der Waals surface area contributed by atoms with Gasteiger partial charge in [0.05, 0.1) is 0 Å². The van der Waals surface area contributed by atoms with Gasteiger partial charge in [-0.15, -0.1) is 0 Å². The first-order valence-electron chi connectivity index (χ1n) is 8.60. The minimum atomic E-state index is -0.550. The summed E-state index contributed by atoms with van der Waals surface area (Å²) in [5.74, 6) is 0.434. The normalized spacial score (nSPS) is 11.1. The van der Waals surface area contributed by atoms with Gasteiger partial charge in [0.1, 0.15) is 18.0 Å². The standard InChI is InChI=1S/C20H26N2O5/c1-20(2,3)27-19(24)22(4)12-14-7-6-8-15(11-14)21-18(23)17-10-9-16(26-17)13-25-5/h6-11H,12-13H2,1-5H3,(H,21,23). The van der Waals surface area contributed by atoms with Gasteiger partial charge in [0, 0.05) is 26.4 Å². The van der Waals surface area contributed by atoms with E-state index in [1.54, 1.807) is 38.4 Å². The number of benzene rings is 1. The van der Waals surface area contributed by atoms with Gasteiger partial charge in [-0.2, -0.15) is 0 Å². The number of furan rings is 1. The summed E-state index contributed by atoms with van der Waals surface area (Å²) in [7, 11) is 3.22. The van der Waals surface area contributed by atoms with Crippen molar-refractivity contribution < 1.29 is 23.5 Å². The number of rotatable bonds is 6. The SMILES string of the molecule is COCc1ccc(C(=O)Nc2cccc(CN(C)C(=O)OC(C)(C)C)c2)o1. The fraction of sp³-hybridized carbons (Fsp3) is 0.400. The third-order valence-corrected chi connectivity index (χ3v) is 3.48. The van der Waals surface area contributed by atoms with Crippen LogP contribution in [0.3, 0.4) is 0 Å². The first-order valence-corrected chi connectivity index (χ1v) is 8.60. The second kappa shape index (κ2) is 8.73. The summed E-state index contributed by atoms with van der Waals surface area (Å²) in [4.78, 5) is 25.9. The molecule has 0 aliphatic rings. The maximum atomic E-state index is 12.3. The molecular weight excluding hydrogens is 348 g/mol. The lowest BCUT2D eigenvalue weighted by Gasteiger charge is -2.24. The van der Waals surface area contributed by atoms with Crippen LogP contribution >= 0.6 is 0 Å². The topological polar surface area (TPSA) is 81.0 Å². The maximum Gasteiger partial charge on any atom is 0.410 e. The predicted molar refractivity (Wildman–Crippen MR) is 102 cm³/mol. The van der Waals surface area contributed by atoms with E-state index in [9.17, 15) is 9.59 Å². The van der Waals surface area contributed by atoms with Crippen molar-refractivity contribution in [3.63, 3.8) is 0 Å². The first kappa shape index (κ1) is 20.5. The molecule has 2 aromatic rings. The molecule has 0 spiro atoms. The van der Waals surface area contributed by atoms with E-state index in [-0.39, 0.29) is 11.7 Å². The fourth-order valence-corrected chi connectivity index (χ4v) is 2.34. The van der Waals surface area contributed by atoms with E-state index in [4.69, 9.17) is 13.9 Å². The minimum Gasteiger partial charge on any atom is -0.453 e. The summed E-state index contributed by atoms with van der Waals surface area (Å²) in [6.07, 6.45) is -0.404. The van der Waals surface area contributed by atoms with Crippen LogP contribution in [0.1, 0.15) is 42.6 Å². The van der Waals surface area contributed by atoms with Crippen LogP contribution in [0.2, 0.25) is 0 Å². The number of carbonyl (C=O) groups is 2. The molecule has 7 heteroatoms. The Morgan fingerprint density at radius 3 is 2.59 bits per heavy atom. The van der Waals surface area contributed by atoms with Crippen LogP contribution in [-0.4, -0.2) is 36.7 Å². The zero-order valence-electron chi connectivity index (χ0n) is 16.4. The summed E-state index contributed by atoms with van der Waals surface area (Å²) in [5.41, 5.74) is 0.923. The molecule has 146 valence electrons. The number of anilines is 1. The summed E-state index contributed by atoms with van der Waals surface area (Å²) < 4.78 is 15.7. The summed E-state index contributed by atoms with van der Waals surface area (Å²) in [6, 6.07) is 10.6. The Hall–Kier alpha value is -2.80. The Balaban J connectivity index is 1.99. The van der Waals surface area contributed by atoms with Crippen LogP contribution < -0.4 is 5.32 Å². The summed E-state index contributed by atoms with van der Waals surface area (Å²) >= 11 is 0. The molecular formula is C20H26N2O5. The second-order valence-electron chi connectivity index (χ2n) is 7.19. The Kier molecular flexibility index (Phi) is 6.63. The van der Waals surface area contributed by atoms with Gasteiger partial charge in [0.25, 0.3) is 5.91 Å². The van der Waals surface area contributed by atoms with Crippen molar-refractivity contribution in [2.75, 3.05) is 19.5 Å². The maximum absolute atomic E-state index is 12.3. The smallest absolute Gasteiger partial charge is 0.410 e. The molecule has 0 radical (unpaired) electrons. The molecule has 0 fully saturated rings. The first-order chi connectivity index (χ1) is 12.7. The number of ether oxygens (including phenoxy) is 2. The van der Waals surface area contributed by atoms with Gasteiger partial charge in [0.15, 0.2) is 5.76 Å². The van der Waals surface area contributed by atoms with E-state index in [2.05, 4.69) is 5.32 Å². The number of hydrogen-bond donors (Lipinski definition) is 1. The van der Waals surface area contributed by atoms with Gasteiger partial charge in [-0.1, -0.05) is 12.1 Å². The highest BCUT2D eigenvalue weighted by Crippen LogP contribution is 2.16. The van der Waals surface area contributed by atoms with E-state index in [0.717, 1.165) is 5.56 Å². The molecule has 0 atom stereocenters. The lowest BCUT2D eigenvalue weighted by Crippen LogP contribution is -2.33.